The standard InChI is InChI=1S/C17H25BrN2/c1-11(2)17-9-19-16(13-4-5-13)10-20(17)15-7-12(3)6-14(18)8-15/h6-8,11,13,16-17,19H,4-5,9-10H2,1-3H3. The molecule has 1 N–H and O–H groups in total. The molecule has 110 valence electrons. The molecule has 1 heterocycles. The van der Waals surface area contributed by atoms with Gasteiger partial charge in [0.25, 0.3) is 0 Å². The molecule has 1 aromatic rings. The van der Waals surface area contributed by atoms with Crippen LogP contribution in [-0.2, 0) is 0 Å². The molecule has 3 heteroatoms. The Morgan fingerprint density at radius 3 is 2.60 bits per heavy atom. The van der Waals surface area contributed by atoms with Crippen LogP contribution < -0.4 is 10.2 Å². The van der Waals surface area contributed by atoms with Gasteiger partial charge in [0, 0.05) is 35.3 Å². The molecular formula is C17H25BrN2. The molecule has 1 saturated heterocycles. The summed E-state index contributed by atoms with van der Waals surface area (Å²) in [5.74, 6) is 1.58. The van der Waals surface area contributed by atoms with E-state index in [0.29, 0.717) is 18.0 Å². The third-order valence-electron chi connectivity index (χ3n) is 4.70. The SMILES string of the molecule is Cc1cc(Br)cc(N2CC(C3CC3)NCC2C(C)C)c1. The zero-order valence-corrected chi connectivity index (χ0v) is 14.3. The Bertz CT molecular complexity index is 462. The molecule has 0 bridgehead atoms. The van der Waals surface area contributed by atoms with Gasteiger partial charge in [-0.15, -0.1) is 0 Å². The van der Waals surface area contributed by atoms with E-state index in [1.807, 2.05) is 0 Å². The lowest BCUT2D eigenvalue weighted by Gasteiger charge is -2.44. The summed E-state index contributed by atoms with van der Waals surface area (Å²) in [7, 11) is 0. The van der Waals surface area contributed by atoms with Crippen LogP contribution in [0.5, 0.6) is 0 Å². The van der Waals surface area contributed by atoms with Gasteiger partial charge in [-0.2, -0.15) is 0 Å². The largest absolute Gasteiger partial charge is 0.365 e. The summed E-state index contributed by atoms with van der Waals surface area (Å²) in [6.07, 6.45) is 2.82. The number of nitrogens with zero attached hydrogens (tertiary/aromatic N) is 1. The number of anilines is 1. The average Bonchev–Trinajstić information content (AvgIpc) is 3.21. The van der Waals surface area contributed by atoms with Crippen LogP contribution in [0.4, 0.5) is 5.69 Å². The Balaban J connectivity index is 1.87. The highest BCUT2D eigenvalue weighted by atomic mass is 79.9. The minimum absolute atomic E-state index is 0.596. The Hall–Kier alpha value is -0.540. The molecule has 1 aromatic carbocycles. The van der Waals surface area contributed by atoms with E-state index >= 15 is 0 Å². The quantitative estimate of drug-likeness (QED) is 0.898. The number of nitrogens with one attached hydrogen (secondary N) is 1. The first-order valence-corrected chi connectivity index (χ1v) is 8.61. The molecule has 0 aromatic heterocycles. The molecule has 20 heavy (non-hydrogen) atoms. The lowest BCUT2D eigenvalue weighted by atomic mass is 9.96. The molecule has 0 amide bonds. The van der Waals surface area contributed by atoms with Crippen molar-refractivity contribution >= 4 is 21.6 Å². The number of halogens is 1. The third kappa shape index (κ3) is 3.04. The fraction of sp³-hybridized carbons (Fsp3) is 0.647. The molecule has 2 unspecified atom stereocenters. The number of piperazine rings is 1. The Morgan fingerprint density at radius 2 is 2.00 bits per heavy atom. The van der Waals surface area contributed by atoms with E-state index < -0.39 is 0 Å². The number of rotatable bonds is 3. The van der Waals surface area contributed by atoms with Crippen molar-refractivity contribution in [3.8, 4) is 0 Å². The fourth-order valence-electron chi connectivity index (χ4n) is 3.38. The second-order valence-corrected chi connectivity index (χ2v) is 7.72. The van der Waals surface area contributed by atoms with Crippen molar-refractivity contribution in [3.63, 3.8) is 0 Å². The highest BCUT2D eigenvalue weighted by Gasteiger charge is 2.38. The number of hydrogen-bond donors (Lipinski definition) is 1. The molecule has 2 aliphatic rings. The summed E-state index contributed by atoms with van der Waals surface area (Å²) in [5, 5.41) is 3.79. The van der Waals surface area contributed by atoms with Crippen LogP contribution in [-0.4, -0.2) is 25.2 Å². The normalized spacial score (nSPS) is 27.1. The van der Waals surface area contributed by atoms with Crippen LogP contribution in [0.15, 0.2) is 22.7 Å². The summed E-state index contributed by atoms with van der Waals surface area (Å²) in [6, 6.07) is 8.07. The Labute approximate surface area is 131 Å². The predicted octanol–water partition coefficient (Wildman–Crippen LogP) is 3.97. The summed E-state index contributed by atoms with van der Waals surface area (Å²) >= 11 is 3.65. The van der Waals surface area contributed by atoms with E-state index in [4.69, 9.17) is 0 Å². The molecule has 1 aliphatic carbocycles. The molecule has 2 nitrogen and oxygen atoms in total. The zero-order chi connectivity index (χ0) is 14.3. The second-order valence-electron chi connectivity index (χ2n) is 6.80. The molecule has 0 spiro atoms. The van der Waals surface area contributed by atoms with E-state index in [2.05, 4.69) is 65.1 Å². The minimum atomic E-state index is 0.596. The van der Waals surface area contributed by atoms with E-state index in [1.54, 1.807) is 0 Å². The first kappa shape index (κ1) is 14.4. The number of benzene rings is 1. The maximum Gasteiger partial charge on any atom is 0.0438 e. The van der Waals surface area contributed by atoms with E-state index in [9.17, 15) is 0 Å². The van der Waals surface area contributed by atoms with Crippen molar-refractivity contribution in [2.75, 3.05) is 18.0 Å². The van der Waals surface area contributed by atoms with Gasteiger partial charge in [0.1, 0.15) is 0 Å². The number of aryl methyl sites for hydroxylation is 1. The maximum atomic E-state index is 3.79. The Morgan fingerprint density at radius 1 is 1.25 bits per heavy atom. The van der Waals surface area contributed by atoms with Gasteiger partial charge in [-0.3, -0.25) is 0 Å². The minimum Gasteiger partial charge on any atom is -0.365 e. The van der Waals surface area contributed by atoms with E-state index in [1.165, 1.54) is 28.6 Å². The summed E-state index contributed by atoms with van der Waals surface area (Å²) in [5.41, 5.74) is 2.71. The summed E-state index contributed by atoms with van der Waals surface area (Å²) < 4.78 is 1.19. The van der Waals surface area contributed by atoms with Gasteiger partial charge in [-0.1, -0.05) is 29.8 Å². The topological polar surface area (TPSA) is 15.3 Å². The fourth-order valence-corrected chi connectivity index (χ4v) is 3.98. The van der Waals surface area contributed by atoms with Gasteiger partial charge in [0.15, 0.2) is 0 Å². The van der Waals surface area contributed by atoms with Crippen molar-refractivity contribution in [2.45, 2.75) is 45.7 Å². The van der Waals surface area contributed by atoms with E-state index in [-0.39, 0.29) is 0 Å². The van der Waals surface area contributed by atoms with Crippen molar-refractivity contribution < 1.29 is 0 Å². The lowest BCUT2D eigenvalue weighted by molar-refractivity contribution is 0.320. The third-order valence-corrected chi connectivity index (χ3v) is 5.16. The highest BCUT2D eigenvalue weighted by Crippen LogP contribution is 2.36. The molecule has 1 saturated carbocycles. The van der Waals surface area contributed by atoms with Crippen LogP contribution in [0.1, 0.15) is 32.3 Å². The van der Waals surface area contributed by atoms with Crippen LogP contribution in [0.2, 0.25) is 0 Å². The van der Waals surface area contributed by atoms with Gasteiger partial charge in [-0.25, -0.2) is 0 Å². The van der Waals surface area contributed by atoms with Crippen molar-refractivity contribution in [1.29, 1.82) is 0 Å². The van der Waals surface area contributed by atoms with Crippen LogP contribution in [0.25, 0.3) is 0 Å². The van der Waals surface area contributed by atoms with E-state index in [0.717, 1.165) is 19.0 Å². The van der Waals surface area contributed by atoms with Crippen LogP contribution in [0, 0.1) is 18.8 Å². The molecule has 2 atom stereocenters. The summed E-state index contributed by atoms with van der Waals surface area (Å²) in [4.78, 5) is 2.64. The van der Waals surface area contributed by atoms with Crippen LogP contribution in [0.3, 0.4) is 0 Å². The molecule has 3 rings (SSSR count). The second kappa shape index (κ2) is 5.69. The molecule has 2 fully saturated rings. The Kier molecular flexibility index (Phi) is 4.09. The van der Waals surface area contributed by atoms with Crippen molar-refractivity contribution in [3.05, 3.63) is 28.2 Å². The molecule has 0 radical (unpaired) electrons. The van der Waals surface area contributed by atoms with Gasteiger partial charge in [0.2, 0.25) is 0 Å². The first-order valence-electron chi connectivity index (χ1n) is 7.82. The molecule has 1 aliphatic heterocycles. The number of hydrogen-bond acceptors (Lipinski definition) is 2. The smallest absolute Gasteiger partial charge is 0.0438 e. The van der Waals surface area contributed by atoms with Gasteiger partial charge in [-0.05, 0) is 55.4 Å². The van der Waals surface area contributed by atoms with Crippen LogP contribution >= 0.6 is 15.9 Å². The first-order chi connectivity index (χ1) is 9.54. The van der Waals surface area contributed by atoms with Crippen molar-refractivity contribution in [1.82, 2.24) is 5.32 Å². The monoisotopic (exact) mass is 336 g/mol. The zero-order valence-electron chi connectivity index (χ0n) is 12.7. The lowest BCUT2D eigenvalue weighted by Crippen LogP contribution is -2.59. The van der Waals surface area contributed by atoms with Gasteiger partial charge in [0.05, 0.1) is 0 Å². The van der Waals surface area contributed by atoms with Gasteiger partial charge < -0.3 is 10.2 Å². The predicted molar refractivity (Wildman–Crippen MR) is 89.4 cm³/mol. The maximum absolute atomic E-state index is 3.79. The average molecular weight is 337 g/mol. The summed E-state index contributed by atoms with van der Waals surface area (Å²) in [6.45, 7) is 9.12. The molecular weight excluding hydrogens is 312 g/mol. The van der Waals surface area contributed by atoms with Crippen molar-refractivity contribution in [2.24, 2.45) is 11.8 Å². The highest BCUT2D eigenvalue weighted by molar-refractivity contribution is 9.10. The van der Waals surface area contributed by atoms with Gasteiger partial charge >= 0.3 is 0 Å².